The Balaban J connectivity index is 2.49. The number of rotatable bonds is 3. The highest BCUT2D eigenvalue weighted by Gasteiger charge is 2.45. The number of hydrogen-bond acceptors (Lipinski definition) is 3. The third kappa shape index (κ3) is 5.88. The van der Waals surface area contributed by atoms with E-state index in [1.807, 2.05) is 0 Å². The van der Waals surface area contributed by atoms with E-state index in [1.165, 1.54) is 5.30 Å². The molecule has 4 nitrogen and oxygen atoms in total. The van der Waals surface area contributed by atoms with Crippen molar-refractivity contribution in [1.29, 1.82) is 0 Å². The summed E-state index contributed by atoms with van der Waals surface area (Å²) in [6.45, 7) is 31.4. The highest BCUT2D eigenvalue weighted by molar-refractivity contribution is 7.86. The Kier molecular flexibility index (Phi) is 7.92. The number of ether oxygens (including phenoxy) is 1. The predicted molar refractivity (Wildman–Crippen MR) is 167 cm³/mol. The number of benzene rings is 2. The molecule has 212 valence electrons. The summed E-state index contributed by atoms with van der Waals surface area (Å²) < 4.78 is 42.3. The van der Waals surface area contributed by atoms with Gasteiger partial charge in [-0.2, -0.15) is 8.42 Å². The summed E-state index contributed by atoms with van der Waals surface area (Å²) in [5, 5.41) is 1.99. The smallest absolute Gasteiger partial charge is 0.294 e. The lowest BCUT2D eigenvalue weighted by Crippen LogP contribution is -2.37. The monoisotopic (exact) mass is 578 g/mol. The van der Waals surface area contributed by atoms with Gasteiger partial charge in [0.05, 0.1) is 4.90 Å². The van der Waals surface area contributed by atoms with E-state index in [1.54, 1.807) is 12.1 Å². The molecule has 0 bridgehead atoms. The first-order valence-corrected chi connectivity index (χ1v) is 17.5. The second-order valence-electron chi connectivity index (χ2n) is 15.0. The van der Waals surface area contributed by atoms with Crippen molar-refractivity contribution >= 4 is 36.6 Å². The van der Waals surface area contributed by atoms with E-state index in [-0.39, 0.29) is 25.5 Å². The first-order chi connectivity index (χ1) is 16.8. The maximum absolute atomic E-state index is 12.5. The van der Waals surface area contributed by atoms with Gasteiger partial charge in [0.25, 0.3) is 10.1 Å². The van der Waals surface area contributed by atoms with Crippen LogP contribution in [-0.4, -0.2) is 33.6 Å². The molecule has 1 aliphatic heterocycles. The molecule has 0 saturated heterocycles. The molecule has 0 aliphatic carbocycles. The lowest BCUT2D eigenvalue weighted by Gasteiger charge is -2.46. The molecule has 0 unspecified atom stereocenters. The maximum Gasteiger partial charge on any atom is 0.294 e. The third-order valence-electron chi connectivity index (χ3n) is 7.05. The van der Waals surface area contributed by atoms with Crippen molar-refractivity contribution in [1.82, 2.24) is 0 Å². The van der Waals surface area contributed by atoms with Gasteiger partial charge < -0.3 is 4.74 Å². The van der Waals surface area contributed by atoms with Crippen molar-refractivity contribution in [3.05, 3.63) is 41.5 Å². The normalized spacial score (nSPS) is 16.3. The molecule has 0 amide bonds. The molecule has 0 saturated carbocycles. The van der Waals surface area contributed by atoms with Crippen LogP contribution in [0.4, 0.5) is 0 Å². The van der Waals surface area contributed by atoms with Crippen LogP contribution >= 0.6 is 15.8 Å². The van der Waals surface area contributed by atoms with E-state index in [2.05, 4.69) is 115 Å². The van der Waals surface area contributed by atoms with E-state index >= 15 is 0 Å². The minimum atomic E-state index is -4.41. The van der Waals surface area contributed by atoms with Gasteiger partial charge in [-0.25, -0.2) is 0 Å². The second kappa shape index (κ2) is 9.54. The average Bonchev–Trinajstić information content (AvgIpc) is 2.64. The Morgan fingerprint density at radius 3 is 1.53 bits per heavy atom. The summed E-state index contributed by atoms with van der Waals surface area (Å²) in [5.41, 5.74) is 1.34. The van der Waals surface area contributed by atoms with Crippen molar-refractivity contribution in [3.63, 3.8) is 0 Å². The van der Waals surface area contributed by atoms with Crippen LogP contribution < -0.4 is 15.3 Å². The van der Waals surface area contributed by atoms with E-state index < -0.39 is 31.4 Å². The SMILES string of the molecule is CC1(C)c2cccc(P(C(C)(C)C)C(C)(C)C)c2Oc2c(P(C(C)(C)C)C(C)(C)C)cc(S(=O)(=O)O)cc21. The number of fused-ring (bicyclic) bond motifs is 2. The quantitative estimate of drug-likeness (QED) is 0.292. The maximum atomic E-state index is 12.5. The van der Waals surface area contributed by atoms with Crippen LogP contribution in [0.15, 0.2) is 35.2 Å². The Morgan fingerprint density at radius 2 is 1.11 bits per heavy atom. The summed E-state index contributed by atoms with van der Waals surface area (Å²) in [6, 6.07) is 9.75. The van der Waals surface area contributed by atoms with Crippen LogP contribution in [0.25, 0.3) is 0 Å². The minimum Gasteiger partial charge on any atom is -0.455 e. The van der Waals surface area contributed by atoms with Crippen LogP contribution in [-0.2, 0) is 15.5 Å². The molecule has 1 aliphatic rings. The molecule has 7 heteroatoms. The van der Waals surface area contributed by atoms with E-state index in [9.17, 15) is 13.0 Å². The van der Waals surface area contributed by atoms with Crippen molar-refractivity contribution in [2.75, 3.05) is 0 Å². The zero-order chi connectivity index (χ0) is 29.4. The van der Waals surface area contributed by atoms with Crippen LogP contribution in [0.3, 0.4) is 0 Å². The summed E-state index contributed by atoms with van der Waals surface area (Å²) >= 11 is 0. The molecule has 1 heterocycles. The molecule has 0 atom stereocenters. The first kappa shape index (κ1) is 31.5. The second-order valence-corrected chi connectivity index (χ2v) is 24.1. The van der Waals surface area contributed by atoms with Gasteiger partial charge in [0.15, 0.2) is 0 Å². The number of hydrogen-bond donors (Lipinski definition) is 1. The molecule has 3 rings (SSSR count). The van der Waals surface area contributed by atoms with Crippen molar-refractivity contribution < 1.29 is 17.7 Å². The first-order valence-electron chi connectivity index (χ1n) is 13.4. The third-order valence-corrected chi connectivity index (χ3v) is 14.9. The van der Waals surface area contributed by atoms with Crippen molar-refractivity contribution in [2.24, 2.45) is 0 Å². The topological polar surface area (TPSA) is 63.6 Å². The standard InChI is InChI=1S/C31H48O4P2S/c1-27(2,3)36(28(4,5)6)23-17-15-16-21-25(23)35-26-22(31(21,13)14)18-20(38(32,33)34)19-24(26)37(29(7,8)9)30(10,11)12/h15-19H,1-14H3,(H,32,33,34). The molecule has 38 heavy (non-hydrogen) atoms. The molecule has 0 aromatic heterocycles. The van der Waals surface area contributed by atoms with Gasteiger partial charge in [-0.1, -0.05) is 131 Å². The Bertz CT molecular complexity index is 1300. The largest absolute Gasteiger partial charge is 0.455 e. The van der Waals surface area contributed by atoms with Gasteiger partial charge in [0, 0.05) is 27.2 Å². The van der Waals surface area contributed by atoms with Crippen LogP contribution in [0.5, 0.6) is 11.5 Å². The predicted octanol–water partition coefficient (Wildman–Crippen LogP) is 8.77. The van der Waals surface area contributed by atoms with E-state index in [4.69, 9.17) is 4.74 Å². The lowest BCUT2D eigenvalue weighted by molar-refractivity contribution is 0.422. The molecule has 0 radical (unpaired) electrons. The number of para-hydroxylation sites is 1. The summed E-state index contributed by atoms with van der Waals surface area (Å²) in [6.07, 6.45) is 0. The lowest BCUT2D eigenvalue weighted by atomic mass is 9.76. The molecular weight excluding hydrogens is 530 g/mol. The highest BCUT2D eigenvalue weighted by atomic mass is 32.2. The van der Waals surface area contributed by atoms with Gasteiger partial charge in [-0.3, -0.25) is 4.55 Å². The van der Waals surface area contributed by atoms with Gasteiger partial charge in [-0.05, 0) is 32.8 Å². The molecule has 1 N–H and O–H groups in total. The minimum absolute atomic E-state index is 0.0532. The van der Waals surface area contributed by atoms with Crippen LogP contribution in [0.1, 0.15) is 108 Å². The summed E-state index contributed by atoms with van der Waals surface area (Å²) in [5.74, 6) is 1.68. The Morgan fingerprint density at radius 1 is 0.684 bits per heavy atom. The molecular formula is C31H48O4P2S. The highest BCUT2D eigenvalue weighted by Crippen LogP contribution is 2.64. The Hall–Kier alpha value is -0.990. The van der Waals surface area contributed by atoms with Gasteiger partial charge in [0.1, 0.15) is 11.5 Å². The zero-order valence-electron chi connectivity index (χ0n) is 25.9. The fraction of sp³-hybridized carbons (Fsp3) is 0.613. The molecule has 0 fully saturated rings. The van der Waals surface area contributed by atoms with Gasteiger partial charge in [0.2, 0.25) is 0 Å². The summed E-state index contributed by atoms with van der Waals surface area (Å²) in [7, 11) is -5.96. The Labute approximate surface area is 234 Å². The van der Waals surface area contributed by atoms with Crippen LogP contribution in [0, 0.1) is 0 Å². The van der Waals surface area contributed by atoms with Crippen molar-refractivity contribution in [2.45, 2.75) is 128 Å². The summed E-state index contributed by atoms with van der Waals surface area (Å²) in [4.78, 5) is -0.0600. The van der Waals surface area contributed by atoms with Crippen molar-refractivity contribution in [3.8, 4) is 11.5 Å². The van der Waals surface area contributed by atoms with Gasteiger partial charge in [-0.15, -0.1) is 0 Å². The molecule has 2 aromatic carbocycles. The molecule has 2 aromatic rings. The average molecular weight is 579 g/mol. The zero-order valence-corrected chi connectivity index (χ0v) is 28.5. The molecule has 0 spiro atoms. The van der Waals surface area contributed by atoms with Gasteiger partial charge >= 0.3 is 0 Å². The fourth-order valence-electron chi connectivity index (χ4n) is 6.48. The fourth-order valence-corrected chi connectivity index (χ4v) is 15.3. The van der Waals surface area contributed by atoms with E-state index in [0.29, 0.717) is 0 Å². The van der Waals surface area contributed by atoms with E-state index in [0.717, 1.165) is 27.9 Å². The van der Waals surface area contributed by atoms with Crippen LogP contribution in [0.2, 0.25) is 0 Å².